The molecule has 0 aliphatic rings. The van der Waals surface area contributed by atoms with Crippen molar-refractivity contribution in [3.63, 3.8) is 0 Å². The van der Waals surface area contributed by atoms with Crippen LogP contribution in [0.5, 0.6) is 0 Å². The first-order chi connectivity index (χ1) is 14.3. The molecule has 0 heterocycles. The highest BCUT2D eigenvalue weighted by atomic mass is 35.5. The van der Waals surface area contributed by atoms with E-state index in [1.165, 1.54) is 16.7 Å². The molecule has 0 saturated carbocycles. The van der Waals surface area contributed by atoms with Crippen LogP contribution in [0.4, 0.5) is 5.69 Å². The number of nitriles is 1. The maximum Gasteiger partial charge on any atom is 0.266 e. The Labute approximate surface area is 182 Å². The number of amides is 1. The van der Waals surface area contributed by atoms with Crippen molar-refractivity contribution < 1.29 is 4.79 Å². The van der Waals surface area contributed by atoms with E-state index < -0.39 is 5.91 Å². The van der Waals surface area contributed by atoms with Crippen molar-refractivity contribution in [3.8, 4) is 6.07 Å². The van der Waals surface area contributed by atoms with Crippen molar-refractivity contribution in [2.24, 2.45) is 0 Å². The van der Waals surface area contributed by atoms with E-state index in [0.29, 0.717) is 16.3 Å². The summed E-state index contributed by atoms with van der Waals surface area (Å²) in [5, 5.41) is 12.8. The maximum absolute atomic E-state index is 12.5. The minimum atomic E-state index is -0.447. The van der Waals surface area contributed by atoms with Gasteiger partial charge in [0, 0.05) is 10.7 Å². The number of rotatable bonds is 5. The molecule has 3 rings (SSSR count). The van der Waals surface area contributed by atoms with Crippen molar-refractivity contribution in [2.45, 2.75) is 27.2 Å². The Hall–Kier alpha value is -3.35. The molecule has 0 aliphatic heterocycles. The highest BCUT2D eigenvalue weighted by Gasteiger charge is 2.11. The smallest absolute Gasteiger partial charge is 0.266 e. The van der Waals surface area contributed by atoms with Crippen molar-refractivity contribution in [1.82, 2.24) is 0 Å². The summed E-state index contributed by atoms with van der Waals surface area (Å²) in [7, 11) is 0. The molecule has 30 heavy (non-hydrogen) atoms. The average molecular weight is 415 g/mol. The van der Waals surface area contributed by atoms with E-state index in [-0.39, 0.29) is 5.57 Å². The monoisotopic (exact) mass is 414 g/mol. The van der Waals surface area contributed by atoms with Crippen LogP contribution in [0.25, 0.3) is 6.08 Å². The van der Waals surface area contributed by atoms with Gasteiger partial charge in [-0.25, -0.2) is 0 Å². The molecule has 0 fully saturated rings. The summed E-state index contributed by atoms with van der Waals surface area (Å²) in [4.78, 5) is 12.5. The normalized spacial score (nSPS) is 11.1. The Balaban J connectivity index is 1.78. The van der Waals surface area contributed by atoms with Gasteiger partial charge in [0.15, 0.2) is 0 Å². The first-order valence-corrected chi connectivity index (χ1v) is 10.1. The number of hydrogen-bond donors (Lipinski definition) is 1. The van der Waals surface area contributed by atoms with E-state index in [0.717, 1.165) is 17.5 Å². The van der Waals surface area contributed by atoms with Crippen molar-refractivity contribution in [1.29, 1.82) is 5.26 Å². The molecule has 3 nitrogen and oxygen atoms in total. The molecule has 4 heteroatoms. The number of carbonyl (C=O) groups excluding carboxylic acids is 1. The summed E-state index contributed by atoms with van der Waals surface area (Å²) in [6.07, 6.45) is 2.28. The van der Waals surface area contributed by atoms with Crippen LogP contribution >= 0.6 is 11.6 Å². The number of nitrogens with one attached hydrogen (secondary N) is 1. The zero-order valence-corrected chi connectivity index (χ0v) is 18.0. The molecule has 0 aromatic heterocycles. The lowest BCUT2D eigenvalue weighted by Gasteiger charge is -2.09. The average Bonchev–Trinajstić information content (AvgIpc) is 2.69. The molecule has 0 atom stereocenters. The molecule has 1 amide bonds. The van der Waals surface area contributed by atoms with E-state index in [1.807, 2.05) is 37.3 Å². The fourth-order valence-electron chi connectivity index (χ4n) is 3.34. The van der Waals surface area contributed by atoms with Crippen LogP contribution < -0.4 is 5.32 Å². The van der Waals surface area contributed by atoms with Gasteiger partial charge >= 0.3 is 0 Å². The lowest BCUT2D eigenvalue weighted by Crippen LogP contribution is -2.13. The third-order valence-corrected chi connectivity index (χ3v) is 5.09. The van der Waals surface area contributed by atoms with Crippen LogP contribution in [0.15, 0.2) is 66.2 Å². The summed E-state index contributed by atoms with van der Waals surface area (Å²) in [5.74, 6) is -0.447. The Bertz CT molecular complexity index is 1130. The van der Waals surface area contributed by atoms with Crippen LogP contribution in [0.3, 0.4) is 0 Å². The number of halogens is 1. The minimum absolute atomic E-state index is 0.0219. The van der Waals surface area contributed by atoms with Crippen LogP contribution in [0.2, 0.25) is 5.02 Å². The topological polar surface area (TPSA) is 52.9 Å². The number of nitrogens with zero attached hydrogens (tertiary/aromatic N) is 1. The standard InChI is InChI=1S/C26H23ClN2O/c1-17-4-8-24(9-5-17)29-26(30)23(16-28)13-20-6-7-22(25(27)15-20)14-21-11-18(2)10-19(3)12-21/h4-13,15H,14H2,1-3H3,(H,29,30)/b23-13+. The van der Waals surface area contributed by atoms with Crippen molar-refractivity contribution in [3.05, 3.63) is 105 Å². The first-order valence-electron chi connectivity index (χ1n) is 9.69. The molecular weight excluding hydrogens is 392 g/mol. The van der Waals surface area contributed by atoms with Gasteiger partial charge < -0.3 is 5.32 Å². The van der Waals surface area contributed by atoms with Gasteiger partial charge in [0.05, 0.1) is 0 Å². The lowest BCUT2D eigenvalue weighted by molar-refractivity contribution is -0.112. The number of benzene rings is 3. The molecule has 3 aromatic rings. The van der Waals surface area contributed by atoms with E-state index in [2.05, 4.69) is 37.4 Å². The molecule has 150 valence electrons. The molecule has 0 saturated heterocycles. The summed E-state index contributed by atoms with van der Waals surface area (Å²) in [6.45, 7) is 6.13. The van der Waals surface area contributed by atoms with Gasteiger partial charge in [-0.15, -0.1) is 0 Å². The zero-order chi connectivity index (χ0) is 21.7. The van der Waals surface area contributed by atoms with E-state index in [1.54, 1.807) is 24.3 Å². The summed E-state index contributed by atoms with van der Waals surface area (Å²) in [5.41, 5.74) is 7.12. The molecule has 0 spiro atoms. The highest BCUT2D eigenvalue weighted by Crippen LogP contribution is 2.23. The first kappa shape index (κ1) is 21.4. The lowest BCUT2D eigenvalue weighted by atomic mass is 9.99. The van der Waals surface area contributed by atoms with E-state index >= 15 is 0 Å². The van der Waals surface area contributed by atoms with Gasteiger partial charge in [-0.2, -0.15) is 5.26 Å². The second kappa shape index (κ2) is 9.43. The fraction of sp³-hybridized carbons (Fsp3) is 0.154. The molecule has 3 aromatic carbocycles. The molecular formula is C26H23ClN2O. The minimum Gasteiger partial charge on any atom is -0.321 e. The SMILES string of the molecule is Cc1ccc(NC(=O)/C(C#N)=C/c2ccc(Cc3cc(C)cc(C)c3)c(Cl)c2)cc1. The number of carbonyl (C=O) groups is 1. The molecule has 0 unspecified atom stereocenters. The Morgan fingerprint density at radius 3 is 2.23 bits per heavy atom. The van der Waals surface area contributed by atoms with Crippen LogP contribution in [0.1, 0.15) is 33.4 Å². The van der Waals surface area contributed by atoms with Crippen LogP contribution in [-0.4, -0.2) is 5.91 Å². The van der Waals surface area contributed by atoms with E-state index in [9.17, 15) is 10.1 Å². The Morgan fingerprint density at radius 1 is 0.967 bits per heavy atom. The number of aryl methyl sites for hydroxylation is 3. The second-order valence-corrected chi connectivity index (χ2v) is 7.92. The third kappa shape index (κ3) is 5.59. The zero-order valence-electron chi connectivity index (χ0n) is 17.3. The second-order valence-electron chi connectivity index (χ2n) is 7.51. The Morgan fingerprint density at radius 2 is 1.63 bits per heavy atom. The summed E-state index contributed by atoms with van der Waals surface area (Å²) >= 11 is 6.50. The quantitative estimate of drug-likeness (QED) is 0.387. The van der Waals surface area contributed by atoms with Gasteiger partial charge in [0.25, 0.3) is 5.91 Å². The summed E-state index contributed by atoms with van der Waals surface area (Å²) in [6, 6.07) is 21.4. The van der Waals surface area contributed by atoms with Crippen LogP contribution in [-0.2, 0) is 11.2 Å². The van der Waals surface area contributed by atoms with Gasteiger partial charge in [-0.3, -0.25) is 4.79 Å². The molecule has 1 N–H and O–H groups in total. The highest BCUT2D eigenvalue weighted by molar-refractivity contribution is 6.31. The third-order valence-electron chi connectivity index (χ3n) is 4.74. The predicted molar refractivity (Wildman–Crippen MR) is 124 cm³/mol. The molecule has 0 aliphatic carbocycles. The van der Waals surface area contributed by atoms with Gasteiger partial charge in [-0.1, -0.05) is 70.8 Å². The molecule has 0 radical (unpaired) electrons. The van der Waals surface area contributed by atoms with Crippen molar-refractivity contribution in [2.75, 3.05) is 5.32 Å². The predicted octanol–water partition coefficient (Wildman–Crippen LogP) is 6.40. The van der Waals surface area contributed by atoms with E-state index in [4.69, 9.17) is 11.6 Å². The summed E-state index contributed by atoms with van der Waals surface area (Å²) < 4.78 is 0. The fourth-order valence-corrected chi connectivity index (χ4v) is 3.59. The van der Waals surface area contributed by atoms with Gasteiger partial charge in [-0.05, 0) is 68.2 Å². The van der Waals surface area contributed by atoms with Crippen molar-refractivity contribution >= 4 is 29.3 Å². The number of anilines is 1. The van der Waals surface area contributed by atoms with Gasteiger partial charge in [0.1, 0.15) is 11.6 Å². The van der Waals surface area contributed by atoms with Gasteiger partial charge in [0.2, 0.25) is 0 Å². The number of hydrogen-bond acceptors (Lipinski definition) is 2. The van der Waals surface area contributed by atoms with Crippen LogP contribution in [0, 0.1) is 32.1 Å². The molecule has 0 bridgehead atoms. The Kier molecular flexibility index (Phi) is 6.72. The largest absolute Gasteiger partial charge is 0.321 e. The maximum atomic E-state index is 12.5.